The van der Waals surface area contributed by atoms with Crippen LogP contribution >= 0.6 is 0 Å². The van der Waals surface area contributed by atoms with Gasteiger partial charge in [0.1, 0.15) is 5.60 Å². The van der Waals surface area contributed by atoms with Gasteiger partial charge in [0.25, 0.3) is 0 Å². The van der Waals surface area contributed by atoms with E-state index in [1.165, 1.54) is 0 Å². The minimum Gasteiger partial charge on any atom is -0.444 e. The maximum Gasteiger partial charge on any atom is 0.407 e. The van der Waals surface area contributed by atoms with Crippen LogP contribution in [0.5, 0.6) is 0 Å². The average molecular weight is 298 g/mol. The molecule has 0 spiro atoms. The Kier molecular flexibility index (Phi) is 7.84. The van der Waals surface area contributed by atoms with E-state index in [-0.39, 0.29) is 12.0 Å². The Hall–Kier alpha value is -1.72. The Morgan fingerprint density at radius 3 is 2.38 bits per heavy atom. The average Bonchev–Trinajstić information content (AvgIpc) is 2.29. The van der Waals surface area contributed by atoms with Crippen molar-refractivity contribution in [1.82, 2.24) is 10.6 Å². The number of guanidine groups is 1. The van der Waals surface area contributed by atoms with Crippen LogP contribution in [0.4, 0.5) is 4.79 Å². The molecule has 1 unspecified atom stereocenters. The summed E-state index contributed by atoms with van der Waals surface area (Å²) in [6, 6.07) is -0.134. The minimum absolute atomic E-state index is 0.134. The number of rotatable bonds is 6. The summed E-state index contributed by atoms with van der Waals surface area (Å²) in [5.41, 5.74) is 6.21. The minimum atomic E-state index is -0.517. The number of ether oxygens (including phenoxy) is 1. The molecule has 0 aromatic heterocycles. The van der Waals surface area contributed by atoms with Gasteiger partial charge in [-0.3, -0.25) is 4.99 Å². The van der Waals surface area contributed by atoms with E-state index in [9.17, 15) is 4.79 Å². The smallest absolute Gasteiger partial charge is 0.407 e. The number of alkyl carbamates (subject to hydrolysis) is 1. The molecule has 0 saturated heterocycles. The third-order valence-corrected chi connectivity index (χ3v) is 2.54. The Morgan fingerprint density at radius 1 is 1.38 bits per heavy atom. The van der Waals surface area contributed by atoms with Crippen LogP contribution < -0.4 is 16.4 Å². The van der Waals surface area contributed by atoms with Gasteiger partial charge < -0.3 is 21.1 Å². The number of nitrogens with two attached hydrogens (primary N) is 1. The molecule has 6 nitrogen and oxygen atoms in total. The highest BCUT2D eigenvalue weighted by atomic mass is 16.6. The molecule has 4 N–H and O–H groups in total. The zero-order valence-electron chi connectivity index (χ0n) is 14.1. The van der Waals surface area contributed by atoms with E-state index in [1.54, 1.807) is 0 Å². The molecule has 122 valence electrons. The van der Waals surface area contributed by atoms with Crippen molar-refractivity contribution in [3.63, 3.8) is 0 Å². The highest BCUT2D eigenvalue weighted by Gasteiger charge is 2.21. The van der Waals surface area contributed by atoms with Gasteiger partial charge in [-0.25, -0.2) is 4.79 Å². The van der Waals surface area contributed by atoms with Crippen LogP contribution in [0.2, 0.25) is 0 Å². The fraction of sp³-hybridized carbons (Fsp3) is 0.733. The van der Waals surface area contributed by atoms with Crippen molar-refractivity contribution in [2.75, 3.05) is 13.1 Å². The molecule has 0 aromatic carbocycles. The molecule has 0 aliphatic carbocycles. The number of hydrogen-bond donors (Lipinski definition) is 3. The number of amides is 1. The summed E-state index contributed by atoms with van der Waals surface area (Å²) in [7, 11) is 0. The molecule has 0 rings (SSSR count). The highest BCUT2D eigenvalue weighted by molar-refractivity contribution is 5.78. The van der Waals surface area contributed by atoms with E-state index in [0.29, 0.717) is 19.0 Å². The molecule has 0 aliphatic heterocycles. The Bertz CT molecular complexity index is 384. The topological polar surface area (TPSA) is 88.7 Å². The molecule has 0 fully saturated rings. The third kappa shape index (κ3) is 10.7. The van der Waals surface area contributed by atoms with Crippen molar-refractivity contribution in [3.8, 4) is 0 Å². The van der Waals surface area contributed by atoms with Crippen LogP contribution in [0.1, 0.15) is 41.5 Å². The van der Waals surface area contributed by atoms with Gasteiger partial charge in [-0.15, -0.1) is 0 Å². The summed E-state index contributed by atoms with van der Waals surface area (Å²) in [6.07, 6.45) is -0.440. The number of nitrogens with zero attached hydrogens (tertiary/aromatic N) is 1. The summed E-state index contributed by atoms with van der Waals surface area (Å²) >= 11 is 0. The van der Waals surface area contributed by atoms with Crippen molar-refractivity contribution in [2.24, 2.45) is 16.6 Å². The Labute approximate surface area is 128 Å². The summed E-state index contributed by atoms with van der Waals surface area (Å²) in [5.74, 6) is 0.560. The first-order valence-corrected chi connectivity index (χ1v) is 7.19. The first-order chi connectivity index (χ1) is 9.51. The van der Waals surface area contributed by atoms with Crippen LogP contribution in [0.25, 0.3) is 0 Å². The lowest BCUT2D eigenvalue weighted by Crippen LogP contribution is -2.44. The standard InChI is InChI=1S/C15H30N4O2/c1-10(2)8-17-13(16)18-9-12(11(3)4)19-14(20)21-15(5,6)7/h11-12H,1,8-9H2,2-7H3,(H,19,20)(H3,16,17,18). The lowest BCUT2D eigenvalue weighted by molar-refractivity contribution is 0.0493. The second-order valence-corrected chi connectivity index (χ2v) is 6.53. The van der Waals surface area contributed by atoms with E-state index < -0.39 is 11.7 Å². The SMILES string of the molecule is C=C(C)CNC(N)=NCC(NC(=O)OC(C)(C)C)C(C)C. The lowest BCUT2D eigenvalue weighted by atomic mass is 10.1. The number of aliphatic imine (C=N–C) groups is 1. The third-order valence-electron chi connectivity index (χ3n) is 2.54. The molecule has 1 atom stereocenters. The number of hydrogen-bond acceptors (Lipinski definition) is 3. The van der Waals surface area contributed by atoms with Gasteiger partial charge in [0.05, 0.1) is 12.6 Å². The molecule has 0 heterocycles. The van der Waals surface area contributed by atoms with Gasteiger partial charge in [0.2, 0.25) is 0 Å². The molecular weight excluding hydrogens is 268 g/mol. The molecule has 0 radical (unpaired) electrons. The van der Waals surface area contributed by atoms with Crippen LogP contribution in [0, 0.1) is 5.92 Å². The summed E-state index contributed by atoms with van der Waals surface area (Å²) in [5, 5.41) is 5.78. The second-order valence-electron chi connectivity index (χ2n) is 6.53. The van der Waals surface area contributed by atoms with Crippen LogP contribution in [-0.2, 0) is 4.74 Å². The maximum absolute atomic E-state index is 11.8. The van der Waals surface area contributed by atoms with E-state index in [0.717, 1.165) is 5.57 Å². The first kappa shape index (κ1) is 19.3. The van der Waals surface area contributed by atoms with Gasteiger partial charge in [0.15, 0.2) is 5.96 Å². The van der Waals surface area contributed by atoms with Crippen molar-refractivity contribution < 1.29 is 9.53 Å². The quantitative estimate of drug-likeness (QED) is 0.397. The van der Waals surface area contributed by atoms with Crippen molar-refractivity contribution in [1.29, 1.82) is 0 Å². The fourth-order valence-corrected chi connectivity index (χ4v) is 1.38. The molecule has 21 heavy (non-hydrogen) atoms. The Morgan fingerprint density at radius 2 is 1.95 bits per heavy atom. The predicted octanol–water partition coefficient (Wildman–Crippen LogP) is 2.02. The molecular formula is C15H30N4O2. The molecule has 1 amide bonds. The molecule has 0 saturated carbocycles. The summed E-state index contributed by atoms with van der Waals surface area (Å²) in [6.45, 7) is 16.2. The zero-order valence-corrected chi connectivity index (χ0v) is 14.1. The van der Waals surface area contributed by atoms with E-state index in [2.05, 4.69) is 22.2 Å². The predicted molar refractivity (Wildman–Crippen MR) is 87.3 cm³/mol. The monoisotopic (exact) mass is 298 g/mol. The van der Waals surface area contributed by atoms with E-state index >= 15 is 0 Å². The number of carbonyl (C=O) groups is 1. The summed E-state index contributed by atoms with van der Waals surface area (Å²) in [4.78, 5) is 16.0. The summed E-state index contributed by atoms with van der Waals surface area (Å²) < 4.78 is 5.25. The van der Waals surface area contributed by atoms with E-state index in [1.807, 2.05) is 41.5 Å². The van der Waals surface area contributed by atoms with Crippen LogP contribution in [0.15, 0.2) is 17.1 Å². The molecule has 6 heteroatoms. The largest absolute Gasteiger partial charge is 0.444 e. The van der Waals surface area contributed by atoms with Crippen molar-refractivity contribution in [2.45, 2.75) is 53.2 Å². The number of carbonyl (C=O) groups excluding carboxylic acids is 1. The molecule has 0 aliphatic rings. The maximum atomic E-state index is 11.8. The van der Waals surface area contributed by atoms with Crippen molar-refractivity contribution in [3.05, 3.63) is 12.2 Å². The van der Waals surface area contributed by atoms with Crippen LogP contribution in [-0.4, -0.2) is 36.8 Å². The first-order valence-electron chi connectivity index (χ1n) is 7.19. The van der Waals surface area contributed by atoms with Gasteiger partial charge in [-0.05, 0) is 33.6 Å². The lowest BCUT2D eigenvalue weighted by Gasteiger charge is -2.25. The van der Waals surface area contributed by atoms with Gasteiger partial charge in [0, 0.05) is 6.54 Å². The fourth-order valence-electron chi connectivity index (χ4n) is 1.38. The van der Waals surface area contributed by atoms with E-state index in [4.69, 9.17) is 10.5 Å². The van der Waals surface area contributed by atoms with Gasteiger partial charge in [-0.1, -0.05) is 26.0 Å². The van der Waals surface area contributed by atoms with Crippen molar-refractivity contribution >= 4 is 12.1 Å². The molecule has 0 bridgehead atoms. The number of nitrogens with one attached hydrogen (secondary N) is 2. The van der Waals surface area contributed by atoms with Gasteiger partial charge in [-0.2, -0.15) is 0 Å². The normalized spacial score (nSPS) is 13.8. The highest BCUT2D eigenvalue weighted by Crippen LogP contribution is 2.08. The molecule has 0 aromatic rings. The zero-order chi connectivity index (χ0) is 16.6. The van der Waals surface area contributed by atoms with Gasteiger partial charge >= 0.3 is 6.09 Å². The van der Waals surface area contributed by atoms with Crippen LogP contribution in [0.3, 0.4) is 0 Å². The second kappa shape index (κ2) is 8.54. The Balaban J connectivity index is 4.46.